The van der Waals surface area contributed by atoms with E-state index >= 15 is 0 Å². The van der Waals surface area contributed by atoms with Crippen molar-refractivity contribution in [2.45, 2.75) is 32.2 Å². The van der Waals surface area contributed by atoms with Gasteiger partial charge in [0.2, 0.25) is 0 Å². The first-order chi connectivity index (χ1) is 9.68. The summed E-state index contributed by atoms with van der Waals surface area (Å²) < 4.78 is 1.06. The van der Waals surface area contributed by atoms with Gasteiger partial charge in [-0.25, -0.2) is 4.98 Å². The number of pyridine rings is 1. The lowest BCUT2D eigenvalue weighted by Crippen LogP contribution is -2.44. The van der Waals surface area contributed by atoms with Gasteiger partial charge < -0.3 is 4.90 Å². The zero-order valence-electron chi connectivity index (χ0n) is 11.5. The Morgan fingerprint density at radius 2 is 2.15 bits per heavy atom. The predicted octanol–water partition coefficient (Wildman–Crippen LogP) is 3.95. The monoisotopic (exact) mass is 332 g/mol. The van der Waals surface area contributed by atoms with Crippen LogP contribution in [0, 0.1) is 0 Å². The summed E-state index contributed by atoms with van der Waals surface area (Å²) in [5, 5.41) is 2.25. The molecule has 3 rings (SSSR count). The Morgan fingerprint density at radius 1 is 1.30 bits per heavy atom. The van der Waals surface area contributed by atoms with E-state index in [9.17, 15) is 4.79 Å². The van der Waals surface area contributed by atoms with Gasteiger partial charge in [-0.2, -0.15) is 0 Å². The largest absolute Gasteiger partial charge is 0.346 e. The fourth-order valence-corrected chi connectivity index (χ4v) is 3.49. The highest BCUT2D eigenvalue weighted by Gasteiger charge is 2.28. The first-order valence-electron chi connectivity index (χ1n) is 6.99. The van der Waals surface area contributed by atoms with E-state index in [0.717, 1.165) is 46.9 Å². The highest BCUT2D eigenvalue weighted by atomic mass is 79.9. The number of hydrogen-bond donors (Lipinski definition) is 0. The van der Waals surface area contributed by atoms with Gasteiger partial charge in [-0.3, -0.25) is 4.79 Å². The van der Waals surface area contributed by atoms with Crippen molar-refractivity contribution in [2.75, 3.05) is 11.4 Å². The molecule has 0 saturated carbocycles. The van der Waals surface area contributed by atoms with E-state index < -0.39 is 0 Å². The smallest absolute Gasteiger partial charge is 0.152 e. The number of carbonyl (C=O) groups is 1. The van der Waals surface area contributed by atoms with Crippen LogP contribution >= 0.6 is 15.9 Å². The number of rotatable bonds is 2. The van der Waals surface area contributed by atoms with E-state index in [1.807, 2.05) is 24.4 Å². The average Bonchev–Trinajstić information content (AvgIpc) is 2.47. The third kappa shape index (κ3) is 2.33. The summed E-state index contributed by atoms with van der Waals surface area (Å²) in [7, 11) is 0. The second kappa shape index (κ2) is 5.52. The van der Waals surface area contributed by atoms with E-state index in [2.05, 4.69) is 31.9 Å². The van der Waals surface area contributed by atoms with Crippen molar-refractivity contribution in [3.05, 3.63) is 34.9 Å². The fourth-order valence-electron chi connectivity index (χ4n) is 2.99. The zero-order chi connectivity index (χ0) is 14.1. The molecular formula is C16H17BrN2O. The number of aromatic nitrogens is 1. The van der Waals surface area contributed by atoms with Crippen LogP contribution in [0.4, 0.5) is 5.82 Å². The number of ketones is 1. The molecule has 0 N–H and O–H groups in total. The SMILES string of the molecule is CC(=O)C1CCCCN1c1nccc2c(Br)cccc12. The number of piperidine rings is 1. The molecule has 0 spiro atoms. The van der Waals surface area contributed by atoms with E-state index in [4.69, 9.17) is 0 Å². The second-order valence-corrected chi connectivity index (χ2v) is 6.14. The first-order valence-corrected chi connectivity index (χ1v) is 7.78. The lowest BCUT2D eigenvalue weighted by atomic mass is 9.98. The third-order valence-electron chi connectivity index (χ3n) is 3.98. The Labute approximate surface area is 127 Å². The topological polar surface area (TPSA) is 33.2 Å². The maximum absolute atomic E-state index is 11.9. The molecule has 1 saturated heterocycles. The molecular weight excluding hydrogens is 316 g/mol. The van der Waals surface area contributed by atoms with Gasteiger partial charge in [0.1, 0.15) is 5.82 Å². The lowest BCUT2D eigenvalue weighted by Gasteiger charge is -2.35. The van der Waals surface area contributed by atoms with Crippen LogP contribution in [0.2, 0.25) is 0 Å². The standard InChI is InChI=1S/C16H17BrN2O/c1-11(20)15-7-2-3-10-19(15)16-13-5-4-6-14(17)12(13)8-9-18-16/h4-6,8-9,15H,2-3,7,10H2,1H3. The number of fused-ring (bicyclic) bond motifs is 1. The van der Waals surface area contributed by atoms with Gasteiger partial charge >= 0.3 is 0 Å². The summed E-state index contributed by atoms with van der Waals surface area (Å²) in [5.74, 6) is 1.17. The van der Waals surface area contributed by atoms with Gasteiger partial charge in [0.25, 0.3) is 0 Å². The Balaban J connectivity index is 2.13. The summed E-state index contributed by atoms with van der Waals surface area (Å²) in [6.45, 7) is 2.59. The van der Waals surface area contributed by atoms with Gasteiger partial charge in [-0.15, -0.1) is 0 Å². The van der Waals surface area contributed by atoms with Crippen molar-refractivity contribution in [1.82, 2.24) is 4.98 Å². The van der Waals surface area contributed by atoms with E-state index in [0.29, 0.717) is 0 Å². The van der Waals surface area contributed by atoms with Crippen LogP contribution in [0.25, 0.3) is 10.8 Å². The number of hydrogen-bond acceptors (Lipinski definition) is 3. The third-order valence-corrected chi connectivity index (χ3v) is 4.67. The Hall–Kier alpha value is -1.42. The molecule has 0 amide bonds. The average molecular weight is 333 g/mol. The van der Waals surface area contributed by atoms with Crippen molar-refractivity contribution in [2.24, 2.45) is 0 Å². The van der Waals surface area contributed by atoms with Crippen molar-refractivity contribution in [1.29, 1.82) is 0 Å². The van der Waals surface area contributed by atoms with Gasteiger partial charge in [0, 0.05) is 28.0 Å². The van der Waals surface area contributed by atoms with Crippen molar-refractivity contribution in [3.63, 3.8) is 0 Å². The minimum absolute atomic E-state index is 0.0270. The summed E-state index contributed by atoms with van der Waals surface area (Å²) in [5.41, 5.74) is 0. The van der Waals surface area contributed by atoms with Crippen LogP contribution in [0.15, 0.2) is 34.9 Å². The molecule has 1 atom stereocenters. The second-order valence-electron chi connectivity index (χ2n) is 5.29. The summed E-state index contributed by atoms with van der Waals surface area (Å²) in [6.07, 6.45) is 5.00. The zero-order valence-corrected chi connectivity index (χ0v) is 13.1. The van der Waals surface area contributed by atoms with Gasteiger partial charge in [-0.05, 0) is 38.3 Å². The number of Topliss-reactive ketones (excluding diaryl/α,β-unsaturated/α-hetero) is 1. The number of halogens is 1. The molecule has 1 aliphatic rings. The van der Waals surface area contributed by atoms with E-state index in [-0.39, 0.29) is 11.8 Å². The quantitative estimate of drug-likeness (QED) is 0.834. The maximum Gasteiger partial charge on any atom is 0.152 e. The lowest BCUT2D eigenvalue weighted by molar-refractivity contribution is -0.118. The van der Waals surface area contributed by atoms with E-state index in [1.54, 1.807) is 6.92 Å². The van der Waals surface area contributed by atoms with Crippen LogP contribution in [0.3, 0.4) is 0 Å². The summed E-state index contributed by atoms with van der Waals surface area (Å²) >= 11 is 3.59. The molecule has 104 valence electrons. The normalized spacial score (nSPS) is 19.3. The number of carbonyl (C=O) groups excluding carboxylic acids is 1. The summed E-state index contributed by atoms with van der Waals surface area (Å²) in [6, 6.07) is 8.11. The van der Waals surface area contributed by atoms with Gasteiger partial charge in [0.05, 0.1) is 6.04 Å². The van der Waals surface area contributed by atoms with E-state index in [1.165, 1.54) is 0 Å². The molecule has 1 fully saturated rings. The van der Waals surface area contributed by atoms with Crippen LogP contribution < -0.4 is 4.90 Å². The molecule has 4 heteroatoms. The van der Waals surface area contributed by atoms with Crippen molar-refractivity contribution >= 4 is 38.3 Å². The van der Waals surface area contributed by atoms with Crippen LogP contribution in [0.5, 0.6) is 0 Å². The molecule has 0 bridgehead atoms. The maximum atomic E-state index is 11.9. The molecule has 1 aromatic heterocycles. The molecule has 0 aliphatic carbocycles. The Bertz CT molecular complexity index is 656. The minimum atomic E-state index is -0.0270. The molecule has 1 aliphatic heterocycles. The minimum Gasteiger partial charge on any atom is -0.346 e. The van der Waals surface area contributed by atoms with Gasteiger partial charge in [-0.1, -0.05) is 28.1 Å². The molecule has 0 radical (unpaired) electrons. The Kier molecular flexibility index (Phi) is 3.74. The highest BCUT2D eigenvalue weighted by molar-refractivity contribution is 9.10. The van der Waals surface area contributed by atoms with Gasteiger partial charge in [0.15, 0.2) is 5.78 Å². The Morgan fingerprint density at radius 3 is 2.95 bits per heavy atom. The first kappa shape index (κ1) is 13.6. The molecule has 20 heavy (non-hydrogen) atoms. The molecule has 1 aromatic carbocycles. The van der Waals surface area contributed by atoms with Crippen LogP contribution in [0.1, 0.15) is 26.2 Å². The van der Waals surface area contributed by atoms with Crippen molar-refractivity contribution < 1.29 is 4.79 Å². The predicted molar refractivity (Wildman–Crippen MR) is 85.1 cm³/mol. The number of benzene rings is 1. The molecule has 3 nitrogen and oxygen atoms in total. The fraction of sp³-hybridized carbons (Fsp3) is 0.375. The molecule has 1 unspecified atom stereocenters. The summed E-state index contributed by atoms with van der Waals surface area (Å²) in [4.78, 5) is 18.6. The number of anilines is 1. The van der Waals surface area contributed by atoms with Crippen LogP contribution in [-0.4, -0.2) is 23.4 Å². The van der Waals surface area contributed by atoms with Crippen molar-refractivity contribution in [3.8, 4) is 0 Å². The number of nitrogens with zero attached hydrogens (tertiary/aromatic N) is 2. The molecule has 2 heterocycles. The highest BCUT2D eigenvalue weighted by Crippen LogP contribution is 2.33. The molecule has 2 aromatic rings. The van der Waals surface area contributed by atoms with Crippen LogP contribution in [-0.2, 0) is 4.79 Å².